The molecule has 1 aliphatic heterocycles. The van der Waals surface area contributed by atoms with Gasteiger partial charge in [0.05, 0.1) is 38.3 Å². The molecule has 0 atom stereocenters. The fraction of sp³-hybridized carbons (Fsp3) is 0.286. The molecule has 0 aliphatic carbocycles. The first-order chi connectivity index (χ1) is 17.0. The molecule has 1 aromatic heterocycles. The van der Waals surface area contributed by atoms with Crippen LogP contribution in [-0.2, 0) is 36.4 Å². The van der Waals surface area contributed by atoms with Gasteiger partial charge in [0.15, 0.2) is 0 Å². The molecule has 0 spiro atoms. The van der Waals surface area contributed by atoms with E-state index in [0.717, 1.165) is 18.2 Å². The Morgan fingerprint density at radius 1 is 0.975 bits per heavy atom. The fourth-order valence-corrected chi connectivity index (χ4v) is 4.16. The van der Waals surface area contributed by atoms with Crippen molar-refractivity contribution in [1.82, 2.24) is 9.47 Å². The quantitative estimate of drug-likeness (QED) is 0.0832. The number of nitrogens with zero attached hydrogens (tertiary/aromatic N) is 4. The smallest absolute Gasteiger partial charge is 0.860 e. The molecule has 196 valence electrons. The average Bonchev–Trinajstić information content (AvgIpc) is 2.77. The molecule has 19 heteroatoms. The standard InChI is InChI=1S/C21H20N4O10S2.3K/c1-12-14(18(26)24(7-9-36(30,31)32)20(28)16(12)11-22)5-4-6-15-13(2)17(23-3)21(29)25(19(15)27)8-10-37(33,34)35;;;/h4-6,26H,7-10H2,1-2H3,(H,30,31,32)(H,33,34,35);;;/q;3*+1/p-3/b5-4?,15-6-;;;. The summed E-state index contributed by atoms with van der Waals surface area (Å²) in [5, 5.41) is 22.1. The molecule has 2 heterocycles. The molecule has 0 N–H and O–H groups in total. The number of rotatable bonds is 8. The van der Waals surface area contributed by atoms with Crippen molar-refractivity contribution >= 4 is 38.1 Å². The fourth-order valence-electron chi connectivity index (χ4n) is 3.35. The van der Waals surface area contributed by atoms with E-state index in [1.165, 1.54) is 13.8 Å². The van der Waals surface area contributed by atoms with Gasteiger partial charge in [-0.3, -0.25) is 19.3 Å². The van der Waals surface area contributed by atoms with Gasteiger partial charge in [0.2, 0.25) is 0 Å². The van der Waals surface area contributed by atoms with Gasteiger partial charge in [-0.05, 0) is 36.4 Å². The zero-order valence-corrected chi connectivity index (χ0v) is 33.3. The molecule has 40 heavy (non-hydrogen) atoms. The third-order valence-electron chi connectivity index (χ3n) is 5.28. The monoisotopic (exact) mass is 666 g/mol. The van der Waals surface area contributed by atoms with Crippen molar-refractivity contribution in [1.29, 1.82) is 5.26 Å². The van der Waals surface area contributed by atoms with Gasteiger partial charge >= 0.3 is 154 Å². The molecule has 0 saturated heterocycles. The van der Waals surface area contributed by atoms with E-state index in [2.05, 4.69) is 4.85 Å². The Labute approximate surface area is 358 Å². The molecular weight excluding hydrogens is 650 g/mol. The summed E-state index contributed by atoms with van der Waals surface area (Å²) in [6.45, 7) is 8.19. The first kappa shape index (κ1) is 42.9. The SMILES string of the molecule is [C-]#[N+]C1=C(C)/C(=C/C=Cc2c(C)c(C#N)c(=O)n(CCS(=O)(=O)[O-])c2[O-])C(=O)N(CCS(=O)(=O)[O-])C1=O.[K+].[K+].[K+]. The molecule has 0 unspecified atom stereocenters. The summed E-state index contributed by atoms with van der Waals surface area (Å²) in [5.74, 6) is -5.26. The van der Waals surface area contributed by atoms with Crippen molar-refractivity contribution in [2.45, 2.75) is 20.4 Å². The molecule has 0 radical (unpaired) electrons. The molecule has 14 nitrogen and oxygen atoms in total. The van der Waals surface area contributed by atoms with Crippen molar-refractivity contribution in [3.8, 4) is 11.9 Å². The Kier molecular flexibility index (Phi) is 19.3. The van der Waals surface area contributed by atoms with Crippen LogP contribution in [0.5, 0.6) is 5.88 Å². The van der Waals surface area contributed by atoms with Crippen LogP contribution in [0.3, 0.4) is 0 Å². The van der Waals surface area contributed by atoms with Gasteiger partial charge in [0, 0.05) is 18.7 Å². The van der Waals surface area contributed by atoms with Crippen LogP contribution in [0.1, 0.15) is 23.6 Å². The molecule has 0 aromatic carbocycles. The number of imide groups is 1. The van der Waals surface area contributed by atoms with E-state index in [1.54, 1.807) is 6.07 Å². The topological polar surface area (TPSA) is 225 Å². The number of nitriles is 1. The molecule has 1 aromatic rings. The van der Waals surface area contributed by atoms with Gasteiger partial charge in [-0.15, -0.1) is 0 Å². The van der Waals surface area contributed by atoms with Crippen molar-refractivity contribution in [2.24, 2.45) is 0 Å². The third kappa shape index (κ3) is 11.1. The Morgan fingerprint density at radius 2 is 1.50 bits per heavy atom. The molecule has 0 bridgehead atoms. The third-order valence-corrected chi connectivity index (χ3v) is 6.64. The van der Waals surface area contributed by atoms with Gasteiger partial charge < -0.3 is 18.8 Å². The van der Waals surface area contributed by atoms with Crippen molar-refractivity contribution < 1.29 is 195 Å². The number of carbonyl (C=O) groups is 2. The number of pyridine rings is 1. The van der Waals surface area contributed by atoms with Gasteiger partial charge in [-0.1, -0.05) is 18.2 Å². The van der Waals surface area contributed by atoms with E-state index in [0.29, 0.717) is 9.47 Å². The predicted octanol–water partition coefficient (Wildman–Crippen LogP) is -10.3. The molecule has 2 amide bonds. The van der Waals surface area contributed by atoms with E-state index in [1.807, 2.05) is 0 Å². The summed E-state index contributed by atoms with van der Waals surface area (Å²) >= 11 is 0. The van der Waals surface area contributed by atoms with Crippen LogP contribution >= 0.6 is 0 Å². The molecule has 2 rings (SSSR count). The van der Waals surface area contributed by atoms with E-state index >= 15 is 0 Å². The second-order valence-corrected chi connectivity index (χ2v) is 10.6. The number of allylic oxidation sites excluding steroid dienone is 2. The van der Waals surface area contributed by atoms with E-state index < -0.39 is 79.3 Å². The summed E-state index contributed by atoms with van der Waals surface area (Å²) in [6.07, 6.45) is 3.31. The van der Waals surface area contributed by atoms with Crippen LogP contribution in [0.4, 0.5) is 0 Å². The van der Waals surface area contributed by atoms with E-state index in [9.17, 15) is 50.7 Å². The molecule has 1 aliphatic rings. The van der Waals surface area contributed by atoms with Crippen LogP contribution in [0.15, 0.2) is 33.8 Å². The maximum atomic E-state index is 12.8. The van der Waals surface area contributed by atoms with Crippen LogP contribution in [-0.4, -0.2) is 65.3 Å². The zero-order chi connectivity index (χ0) is 28.3. The van der Waals surface area contributed by atoms with Gasteiger partial charge in [-0.2, -0.15) is 5.26 Å². The van der Waals surface area contributed by atoms with E-state index in [4.69, 9.17) is 6.57 Å². The molecule has 0 saturated carbocycles. The van der Waals surface area contributed by atoms with Gasteiger partial charge in [0.25, 0.3) is 23.1 Å². The summed E-state index contributed by atoms with van der Waals surface area (Å²) in [7, 11) is -9.57. The average molecular weight is 667 g/mol. The minimum atomic E-state index is -4.79. The maximum absolute atomic E-state index is 12.8. The number of carbonyl (C=O) groups excluding carboxylic acids is 2. The van der Waals surface area contributed by atoms with Crippen LogP contribution in [0.2, 0.25) is 0 Å². The van der Waals surface area contributed by atoms with Gasteiger partial charge in [-0.25, -0.2) is 21.7 Å². The maximum Gasteiger partial charge on any atom is 1.00 e. The van der Waals surface area contributed by atoms with Crippen molar-refractivity contribution in [3.63, 3.8) is 0 Å². The Morgan fingerprint density at radius 3 is 1.98 bits per heavy atom. The van der Waals surface area contributed by atoms with Crippen LogP contribution < -0.4 is 165 Å². The summed E-state index contributed by atoms with van der Waals surface area (Å²) in [5.41, 5.74) is -2.66. The summed E-state index contributed by atoms with van der Waals surface area (Å²) < 4.78 is 66.1. The second-order valence-electron chi connectivity index (χ2n) is 7.60. The van der Waals surface area contributed by atoms with Crippen molar-refractivity contribution in [3.05, 3.63) is 67.5 Å². The minimum Gasteiger partial charge on any atom is -0.860 e. The number of amides is 2. The number of hydrogen-bond donors (Lipinski definition) is 0. The normalized spacial score (nSPS) is 14.8. The summed E-state index contributed by atoms with van der Waals surface area (Å²) in [6, 6.07) is 1.61. The molecular formula is C21H17K3N4O10S2. The second kappa shape index (κ2) is 17.9. The van der Waals surface area contributed by atoms with Gasteiger partial charge in [0.1, 0.15) is 11.6 Å². The Bertz CT molecular complexity index is 1650. The Hall–Kier alpha value is 0.819. The minimum absolute atomic E-state index is 0. The number of aromatic nitrogens is 1. The number of hydrogen-bond acceptors (Lipinski definition) is 11. The first-order valence-corrected chi connectivity index (χ1v) is 13.2. The predicted molar refractivity (Wildman–Crippen MR) is 122 cm³/mol. The largest absolute Gasteiger partial charge is 1.00 e. The van der Waals surface area contributed by atoms with Crippen LogP contribution in [0, 0.1) is 24.8 Å². The van der Waals surface area contributed by atoms with E-state index in [-0.39, 0.29) is 176 Å². The first-order valence-electron chi connectivity index (χ1n) is 10.1. The zero-order valence-electron chi connectivity index (χ0n) is 22.2. The Balaban J connectivity index is 0. The van der Waals surface area contributed by atoms with Crippen molar-refractivity contribution in [2.75, 3.05) is 18.1 Å². The van der Waals surface area contributed by atoms with Crippen LogP contribution in [0.25, 0.3) is 10.9 Å². The molecule has 0 fully saturated rings. The summed E-state index contributed by atoms with van der Waals surface area (Å²) in [4.78, 5) is 41.1.